The lowest BCUT2D eigenvalue weighted by Gasteiger charge is -2.18. The molecule has 0 fully saturated rings. The maximum absolute atomic E-state index is 12.8. The molecule has 0 saturated carbocycles. The van der Waals surface area contributed by atoms with E-state index >= 15 is 0 Å². The largest absolute Gasteiger partial charge is 0.462 e. The molecule has 0 rings (SSSR count). The molecule has 1 atom stereocenters. The molecule has 356 valence electrons. The first-order chi connectivity index (χ1) is 31.0. The molecule has 0 amide bonds. The number of ether oxygens (including phenoxy) is 3. The van der Waals surface area contributed by atoms with Crippen molar-refractivity contribution in [2.24, 2.45) is 0 Å². The van der Waals surface area contributed by atoms with Crippen molar-refractivity contribution >= 4 is 17.9 Å². The molecule has 1 unspecified atom stereocenters. The van der Waals surface area contributed by atoms with Crippen molar-refractivity contribution < 1.29 is 28.6 Å². The van der Waals surface area contributed by atoms with Crippen molar-refractivity contribution in [3.05, 3.63) is 109 Å². The van der Waals surface area contributed by atoms with Gasteiger partial charge < -0.3 is 14.2 Å². The van der Waals surface area contributed by atoms with Gasteiger partial charge in [0.2, 0.25) is 0 Å². The van der Waals surface area contributed by atoms with Crippen molar-refractivity contribution in [1.82, 2.24) is 0 Å². The van der Waals surface area contributed by atoms with E-state index in [0.29, 0.717) is 19.3 Å². The lowest BCUT2D eigenvalue weighted by Crippen LogP contribution is -2.30. The third-order valence-electron chi connectivity index (χ3n) is 10.3. The van der Waals surface area contributed by atoms with Crippen LogP contribution in [-0.4, -0.2) is 37.2 Å². The van der Waals surface area contributed by atoms with E-state index in [2.05, 4.69) is 130 Å². The summed E-state index contributed by atoms with van der Waals surface area (Å²) in [5, 5.41) is 0. The Bertz CT molecular complexity index is 1330. The lowest BCUT2D eigenvalue weighted by atomic mass is 10.1. The van der Waals surface area contributed by atoms with E-state index in [9.17, 15) is 14.4 Å². The van der Waals surface area contributed by atoms with Gasteiger partial charge in [0.1, 0.15) is 13.2 Å². The Morgan fingerprint density at radius 2 is 0.683 bits per heavy atom. The maximum atomic E-state index is 12.8. The zero-order chi connectivity index (χ0) is 45.8. The van der Waals surface area contributed by atoms with Crippen molar-refractivity contribution in [1.29, 1.82) is 0 Å². The topological polar surface area (TPSA) is 78.9 Å². The Hall–Kier alpha value is -3.93. The third kappa shape index (κ3) is 49.0. The first-order valence-corrected chi connectivity index (χ1v) is 25.4. The summed E-state index contributed by atoms with van der Waals surface area (Å²) >= 11 is 0. The second kappa shape index (κ2) is 50.7. The molecule has 0 saturated heterocycles. The Labute approximate surface area is 387 Å². The third-order valence-corrected chi connectivity index (χ3v) is 10.3. The fourth-order valence-corrected chi connectivity index (χ4v) is 6.50. The van der Waals surface area contributed by atoms with E-state index in [1.165, 1.54) is 51.4 Å². The minimum atomic E-state index is -0.822. The van der Waals surface area contributed by atoms with Gasteiger partial charge in [-0.15, -0.1) is 0 Å². The second-order valence-electron chi connectivity index (χ2n) is 16.3. The zero-order valence-electron chi connectivity index (χ0n) is 40.5. The van der Waals surface area contributed by atoms with Crippen LogP contribution in [0.4, 0.5) is 0 Å². The van der Waals surface area contributed by atoms with Crippen LogP contribution in [0.1, 0.15) is 213 Å². The van der Waals surface area contributed by atoms with Crippen LogP contribution < -0.4 is 0 Å². The van der Waals surface area contributed by atoms with Gasteiger partial charge in [0, 0.05) is 19.3 Å². The molecule has 0 N–H and O–H groups in total. The van der Waals surface area contributed by atoms with Crippen LogP contribution in [0.2, 0.25) is 0 Å². The van der Waals surface area contributed by atoms with Gasteiger partial charge in [-0.1, -0.05) is 194 Å². The normalized spacial score (nSPS) is 13.0. The molecule has 63 heavy (non-hydrogen) atoms. The van der Waals surface area contributed by atoms with E-state index in [-0.39, 0.29) is 44.0 Å². The Kier molecular flexibility index (Phi) is 47.5. The summed E-state index contributed by atoms with van der Waals surface area (Å²) in [6, 6.07) is 0. The minimum absolute atomic E-state index is 0.117. The van der Waals surface area contributed by atoms with E-state index in [4.69, 9.17) is 14.2 Å². The molecule has 0 aromatic rings. The van der Waals surface area contributed by atoms with Gasteiger partial charge >= 0.3 is 17.9 Å². The lowest BCUT2D eigenvalue weighted by molar-refractivity contribution is -0.167. The van der Waals surface area contributed by atoms with Crippen molar-refractivity contribution in [2.45, 2.75) is 219 Å². The number of carbonyl (C=O) groups excluding carboxylic acids is 3. The molecule has 0 aliphatic rings. The van der Waals surface area contributed by atoms with E-state index in [1.807, 2.05) is 0 Å². The average Bonchev–Trinajstić information content (AvgIpc) is 3.28. The van der Waals surface area contributed by atoms with Crippen molar-refractivity contribution in [2.75, 3.05) is 13.2 Å². The fourth-order valence-electron chi connectivity index (χ4n) is 6.50. The molecule has 0 spiro atoms. The van der Waals surface area contributed by atoms with Crippen LogP contribution in [0.3, 0.4) is 0 Å². The maximum Gasteiger partial charge on any atom is 0.306 e. The molecule has 0 aliphatic heterocycles. The summed E-state index contributed by atoms with van der Waals surface area (Å²) in [7, 11) is 0. The van der Waals surface area contributed by atoms with Crippen LogP contribution in [0.25, 0.3) is 0 Å². The number of esters is 3. The van der Waals surface area contributed by atoms with E-state index in [0.717, 1.165) is 109 Å². The molecular formula is C57H92O6. The first-order valence-electron chi connectivity index (χ1n) is 25.4. The van der Waals surface area contributed by atoms with Gasteiger partial charge in [-0.05, 0) is 109 Å². The molecule has 0 bridgehead atoms. The van der Waals surface area contributed by atoms with Gasteiger partial charge in [0.05, 0.1) is 0 Å². The predicted octanol–water partition coefficient (Wildman–Crippen LogP) is 16.8. The molecule has 0 heterocycles. The number of unbranched alkanes of at least 4 members (excludes halogenated alkanes) is 16. The second-order valence-corrected chi connectivity index (χ2v) is 16.3. The van der Waals surface area contributed by atoms with Gasteiger partial charge in [0.25, 0.3) is 0 Å². The Morgan fingerprint density at radius 3 is 1.14 bits per heavy atom. The minimum Gasteiger partial charge on any atom is -0.462 e. The average molecular weight is 873 g/mol. The van der Waals surface area contributed by atoms with Crippen LogP contribution in [0.15, 0.2) is 109 Å². The highest BCUT2D eigenvalue weighted by atomic mass is 16.6. The number of carbonyl (C=O) groups is 3. The number of hydrogen-bond donors (Lipinski definition) is 0. The van der Waals surface area contributed by atoms with E-state index in [1.54, 1.807) is 0 Å². The van der Waals surface area contributed by atoms with Crippen LogP contribution >= 0.6 is 0 Å². The smallest absolute Gasteiger partial charge is 0.306 e. The summed E-state index contributed by atoms with van der Waals surface area (Å²) in [5.41, 5.74) is 0. The highest BCUT2D eigenvalue weighted by Crippen LogP contribution is 2.12. The molecule has 0 radical (unpaired) electrons. The van der Waals surface area contributed by atoms with Crippen LogP contribution in [0, 0.1) is 0 Å². The monoisotopic (exact) mass is 873 g/mol. The fraction of sp³-hybridized carbons (Fsp3) is 0.632. The van der Waals surface area contributed by atoms with Crippen LogP contribution in [0.5, 0.6) is 0 Å². The number of hydrogen-bond acceptors (Lipinski definition) is 6. The predicted molar refractivity (Wildman–Crippen MR) is 270 cm³/mol. The van der Waals surface area contributed by atoms with E-state index < -0.39 is 6.10 Å². The molecule has 0 aromatic carbocycles. The van der Waals surface area contributed by atoms with Gasteiger partial charge in [-0.25, -0.2) is 0 Å². The number of rotatable bonds is 44. The van der Waals surface area contributed by atoms with Crippen molar-refractivity contribution in [3.8, 4) is 0 Å². The first kappa shape index (κ1) is 59.1. The number of allylic oxidation sites excluding steroid dienone is 18. The SMILES string of the molecule is CC/C=C\C/C=C\C/C=C\C/C=C\CCCCCC(=O)OC(COC(=O)CCC/C=C\C/C=C\C/C=C\CC)COC(=O)CCCCCCC/C=C\C=C/CCCCCCCCC. The summed E-state index contributed by atoms with van der Waals surface area (Å²) < 4.78 is 16.7. The molecule has 6 nitrogen and oxygen atoms in total. The van der Waals surface area contributed by atoms with Gasteiger partial charge in [-0.3, -0.25) is 14.4 Å². The molecule has 0 aromatic heterocycles. The van der Waals surface area contributed by atoms with Crippen molar-refractivity contribution in [3.63, 3.8) is 0 Å². The highest BCUT2D eigenvalue weighted by molar-refractivity contribution is 5.71. The quantitative estimate of drug-likeness (QED) is 0.0199. The summed E-state index contributed by atoms with van der Waals surface area (Å²) in [6.07, 6.45) is 68.0. The highest BCUT2D eigenvalue weighted by Gasteiger charge is 2.19. The molecular weight excluding hydrogens is 781 g/mol. The van der Waals surface area contributed by atoms with Gasteiger partial charge in [0.15, 0.2) is 6.10 Å². The van der Waals surface area contributed by atoms with Gasteiger partial charge in [-0.2, -0.15) is 0 Å². The Morgan fingerprint density at radius 1 is 0.349 bits per heavy atom. The molecule has 0 aliphatic carbocycles. The Balaban J connectivity index is 4.51. The summed E-state index contributed by atoms with van der Waals surface area (Å²) in [4.78, 5) is 37.9. The standard InChI is InChI=1S/C57H92O6/c1-4-7-10-13-16-19-22-24-26-28-29-31-32-35-38-41-44-47-50-56(59)62-53-54(52-61-55(58)49-46-43-40-37-34-21-18-15-12-9-6-3)63-57(60)51-48-45-42-39-36-33-30-27-25-23-20-17-14-11-8-5-2/h8-9,11-12,17-18,20-21,25-29,31,33,36-37,40,54H,4-7,10,13-16,19,22-24,30,32,34-35,38-39,41-53H2,1-3H3/b11-8-,12-9-,20-17-,21-18-,27-25-,28-26-,31-29-,36-33-,40-37-. The van der Waals surface area contributed by atoms with Crippen LogP contribution in [-0.2, 0) is 28.6 Å². The summed E-state index contributed by atoms with van der Waals surface area (Å²) in [6.45, 7) is 6.29. The zero-order valence-corrected chi connectivity index (χ0v) is 40.5. The summed E-state index contributed by atoms with van der Waals surface area (Å²) in [5.74, 6) is -1.03. The molecule has 6 heteroatoms.